The number of aryl methyl sites for hydroxylation is 1. The third-order valence-electron chi connectivity index (χ3n) is 6.79. The molecule has 7 rings (SSSR count). The third kappa shape index (κ3) is 2.60. The smallest absolute Gasteiger partial charge is 0.0355 e. The van der Waals surface area contributed by atoms with Gasteiger partial charge in [0, 0.05) is 20.2 Å². The predicted molar refractivity (Wildman–Crippen MR) is 137 cm³/mol. The standard InChI is InChI=1S/C30H20S/c1-2-6-23-19(5-1)11-15-25-24(23)14-12-20-9-10-21(17-27(20)25)22-13-16-30-28(18-22)26-7-3-4-8-29(26)31-30/h1-8,11-18H,9-10H2. The zero-order chi connectivity index (χ0) is 20.4. The summed E-state index contributed by atoms with van der Waals surface area (Å²) in [6, 6.07) is 33.7. The molecule has 1 aromatic heterocycles. The number of hydrogen-bond donors (Lipinski definition) is 0. The minimum atomic E-state index is 1.10. The van der Waals surface area contributed by atoms with Gasteiger partial charge < -0.3 is 0 Å². The summed E-state index contributed by atoms with van der Waals surface area (Å²) < 4.78 is 2.74. The first-order valence-corrected chi connectivity index (χ1v) is 11.7. The van der Waals surface area contributed by atoms with Crippen LogP contribution in [0.15, 0.2) is 91.0 Å². The van der Waals surface area contributed by atoms with E-state index < -0.39 is 0 Å². The van der Waals surface area contributed by atoms with Crippen molar-refractivity contribution in [3.05, 3.63) is 108 Å². The van der Waals surface area contributed by atoms with Crippen molar-refractivity contribution in [2.24, 2.45) is 0 Å². The van der Waals surface area contributed by atoms with E-state index >= 15 is 0 Å². The van der Waals surface area contributed by atoms with Gasteiger partial charge in [0.25, 0.3) is 0 Å². The number of fused-ring (bicyclic) bond motifs is 8. The lowest BCUT2D eigenvalue weighted by Gasteiger charge is -2.19. The van der Waals surface area contributed by atoms with Gasteiger partial charge in [0.2, 0.25) is 0 Å². The van der Waals surface area contributed by atoms with Crippen LogP contribution in [-0.2, 0) is 6.42 Å². The van der Waals surface area contributed by atoms with Crippen LogP contribution in [0.2, 0.25) is 0 Å². The molecular formula is C30H20S. The maximum absolute atomic E-state index is 2.45. The average Bonchev–Trinajstić information content (AvgIpc) is 3.21. The zero-order valence-corrected chi connectivity index (χ0v) is 17.9. The molecule has 31 heavy (non-hydrogen) atoms. The second kappa shape index (κ2) is 6.54. The first kappa shape index (κ1) is 17.3. The molecule has 0 bridgehead atoms. The van der Waals surface area contributed by atoms with Crippen molar-refractivity contribution in [2.75, 3.05) is 0 Å². The molecule has 0 spiro atoms. The van der Waals surface area contributed by atoms with E-state index in [4.69, 9.17) is 0 Å². The van der Waals surface area contributed by atoms with E-state index in [2.05, 4.69) is 97.1 Å². The lowest BCUT2D eigenvalue weighted by Crippen LogP contribution is -2.00. The van der Waals surface area contributed by atoms with E-state index in [-0.39, 0.29) is 0 Å². The second-order valence-electron chi connectivity index (χ2n) is 8.50. The van der Waals surface area contributed by atoms with Crippen molar-refractivity contribution in [3.63, 3.8) is 0 Å². The van der Waals surface area contributed by atoms with Crippen molar-refractivity contribution in [3.8, 4) is 0 Å². The molecule has 6 aromatic rings. The van der Waals surface area contributed by atoms with Crippen LogP contribution >= 0.6 is 11.3 Å². The van der Waals surface area contributed by atoms with Gasteiger partial charge in [-0.1, -0.05) is 78.9 Å². The van der Waals surface area contributed by atoms with Crippen molar-refractivity contribution in [1.29, 1.82) is 0 Å². The lowest BCUT2D eigenvalue weighted by atomic mass is 9.85. The molecule has 1 heteroatoms. The average molecular weight is 413 g/mol. The number of rotatable bonds is 1. The SMILES string of the molecule is C1=C(c2ccc3sc4ccccc4c3c2)CCc2ccc3c(ccc4ccccc43)c21. The Labute approximate surface area is 185 Å². The molecule has 0 saturated carbocycles. The van der Waals surface area contributed by atoms with Crippen molar-refractivity contribution in [1.82, 2.24) is 0 Å². The van der Waals surface area contributed by atoms with Gasteiger partial charge >= 0.3 is 0 Å². The number of benzene rings is 5. The molecule has 0 amide bonds. The number of thiophene rings is 1. The minimum absolute atomic E-state index is 1.10. The third-order valence-corrected chi connectivity index (χ3v) is 7.94. The van der Waals surface area contributed by atoms with Gasteiger partial charge in [-0.15, -0.1) is 11.3 Å². The zero-order valence-electron chi connectivity index (χ0n) is 17.1. The van der Waals surface area contributed by atoms with Crippen molar-refractivity contribution < 1.29 is 0 Å². The molecule has 0 radical (unpaired) electrons. The van der Waals surface area contributed by atoms with Crippen molar-refractivity contribution in [2.45, 2.75) is 12.8 Å². The van der Waals surface area contributed by atoms with E-state index in [0.29, 0.717) is 0 Å². The molecule has 0 saturated heterocycles. The highest BCUT2D eigenvalue weighted by molar-refractivity contribution is 7.25. The van der Waals surface area contributed by atoms with Crippen LogP contribution in [0, 0.1) is 0 Å². The Bertz CT molecular complexity index is 1680. The maximum Gasteiger partial charge on any atom is 0.0355 e. The first-order valence-electron chi connectivity index (χ1n) is 10.9. The molecule has 1 aliphatic rings. The fourth-order valence-corrected chi connectivity index (χ4v) is 6.30. The van der Waals surface area contributed by atoms with Gasteiger partial charge in [-0.05, 0) is 74.8 Å². The van der Waals surface area contributed by atoms with Gasteiger partial charge in [-0.2, -0.15) is 0 Å². The molecule has 5 aromatic carbocycles. The summed E-state index contributed by atoms with van der Waals surface area (Å²) in [6.45, 7) is 0. The summed E-state index contributed by atoms with van der Waals surface area (Å²) in [7, 11) is 0. The Morgan fingerprint density at radius 1 is 0.548 bits per heavy atom. The van der Waals surface area contributed by atoms with Gasteiger partial charge in [-0.3, -0.25) is 0 Å². The summed E-state index contributed by atoms with van der Waals surface area (Å²) >= 11 is 1.89. The lowest BCUT2D eigenvalue weighted by molar-refractivity contribution is 1.01. The maximum atomic E-state index is 2.45. The predicted octanol–water partition coefficient (Wildman–Crippen LogP) is 8.85. The second-order valence-corrected chi connectivity index (χ2v) is 9.58. The highest BCUT2D eigenvalue weighted by atomic mass is 32.1. The fourth-order valence-electron chi connectivity index (χ4n) is 5.21. The molecule has 0 fully saturated rings. The van der Waals surface area contributed by atoms with Crippen LogP contribution in [-0.4, -0.2) is 0 Å². The summed E-state index contributed by atoms with van der Waals surface area (Å²) in [6.07, 6.45) is 4.65. The van der Waals surface area contributed by atoms with E-state index in [0.717, 1.165) is 12.8 Å². The molecule has 146 valence electrons. The van der Waals surface area contributed by atoms with Gasteiger partial charge in [0.1, 0.15) is 0 Å². The molecular weight excluding hydrogens is 392 g/mol. The van der Waals surface area contributed by atoms with Crippen LogP contribution < -0.4 is 0 Å². The Morgan fingerprint density at radius 2 is 1.35 bits per heavy atom. The summed E-state index contributed by atoms with van der Waals surface area (Å²) in [4.78, 5) is 0. The molecule has 0 unspecified atom stereocenters. The normalized spacial score (nSPS) is 13.7. The first-order chi connectivity index (χ1) is 15.3. The Hall–Kier alpha value is -3.42. The van der Waals surface area contributed by atoms with Crippen LogP contribution in [0.25, 0.3) is 53.4 Å². The molecule has 1 aliphatic carbocycles. The van der Waals surface area contributed by atoms with E-state index in [1.54, 1.807) is 0 Å². The summed E-state index contributed by atoms with van der Waals surface area (Å²) in [5.41, 5.74) is 5.68. The Morgan fingerprint density at radius 3 is 2.32 bits per heavy atom. The molecule has 1 heterocycles. The molecule has 0 aliphatic heterocycles. The number of allylic oxidation sites excluding steroid dienone is 1. The van der Waals surface area contributed by atoms with Crippen LogP contribution in [0.4, 0.5) is 0 Å². The minimum Gasteiger partial charge on any atom is -0.135 e. The largest absolute Gasteiger partial charge is 0.135 e. The van der Waals surface area contributed by atoms with Crippen LogP contribution in [0.3, 0.4) is 0 Å². The fraction of sp³-hybridized carbons (Fsp3) is 0.0667. The molecule has 0 nitrogen and oxygen atoms in total. The summed E-state index contributed by atoms with van der Waals surface area (Å²) in [5.74, 6) is 0. The molecule has 0 atom stereocenters. The van der Waals surface area contributed by atoms with Crippen LogP contribution in [0.1, 0.15) is 23.1 Å². The Kier molecular flexibility index (Phi) is 3.64. The van der Waals surface area contributed by atoms with Crippen molar-refractivity contribution >= 4 is 64.7 Å². The van der Waals surface area contributed by atoms with E-state index in [1.165, 1.54) is 64.0 Å². The van der Waals surface area contributed by atoms with Gasteiger partial charge in [0.05, 0.1) is 0 Å². The number of hydrogen-bond acceptors (Lipinski definition) is 1. The highest BCUT2D eigenvalue weighted by Crippen LogP contribution is 2.39. The van der Waals surface area contributed by atoms with Gasteiger partial charge in [0.15, 0.2) is 0 Å². The monoisotopic (exact) mass is 412 g/mol. The van der Waals surface area contributed by atoms with E-state index in [1.807, 2.05) is 11.3 Å². The quantitative estimate of drug-likeness (QED) is 0.237. The highest BCUT2D eigenvalue weighted by Gasteiger charge is 2.16. The van der Waals surface area contributed by atoms with E-state index in [9.17, 15) is 0 Å². The molecule has 0 N–H and O–H groups in total. The van der Waals surface area contributed by atoms with Crippen LogP contribution in [0.5, 0.6) is 0 Å². The summed E-state index contributed by atoms with van der Waals surface area (Å²) in [5, 5.41) is 8.13. The van der Waals surface area contributed by atoms with Gasteiger partial charge in [-0.25, -0.2) is 0 Å². The Balaban J connectivity index is 1.44. The topological polar surface area (TPSA) is 0 Å².